The molecule has 43 heavy (non-hydrogen) atoms. The average molecular weight is 584 g/mol. The van der Waals surface area contributed by atoms with Gasteiger partial charge in [-0.2, -0.15) is 0 Å². The fraction of sp³-hybridized carbons (Fsp3) is 0.343. The van der Waals surface area contributed by atoms with Gasteiger partial charge in [0.15, 0.2) is 0 Å². The molecule has 3 amide bonds. The van der Waals surface area contributed by atoms with Gasteiger partial charge in [-0.15, -0.1) is 6.42 Å². The summed E-state index contributed by atoms with van der Waals surface area (Å²) >= 11 is 0. The lowest BCUT2D eigenvalue weighted by atomic mass is 9.98. The molecule has 0 radical (unpaired) electrons. The fourth-order valence-electron chi connectivity index (χ4n) is 4.56. The number of para-hydroxylation sites is 1. The van der Waals surface area contributed by atoms with Crippen molar-refractivity contribution in [3.63, 3.8) is 0 Å². The van der Waals surface area contributed by atoms with E-state index in [-0.39, 0.29) is 18.7 Å². The van der Waals surface area contributed by atoms with E-state index in [2.05, 4.69) is 16.6 Å². The molecule has 3 aromatic rings. The lowest BCUT2D eigenvalue weighted by Gasteiger charge is -2.34. The van der Waals surface area contributed by atoms with E-state index in [0.29, 0.717) is 28.8 Å². The Bertz CT molecular complexity index is 1440. The molecule has 0 saturated heterocycles. The van der Waals surface area contributed by atoms with Crippen molar-refractivity contribution < 1.29 is 24.2 Å². The van der Waals surface area contributed by atoms with Crippen molar-refractivity contribution in [3.8, 4) is 18.1 Å². The van der Waals surface area contributed by atoms with Crippen LogP contribution in [-0.2, 0) is 20.7 Å². The van der Waals surface area contributed by atoms with E-state index < -0.39 is 35.6 Å². The molecule has 3 N–H and O–H groups in total. The number of aryl methyl sites for hydroxylation is 1. The molecule has 0 aliphatic heterocycles. The summed E-state index contributed by atoms with van der Waals surface area (Å²) in [6.07, 6.45) is 6.34. The number of alkyl carbamates (subject to hydrolysis) is 1. The number of amides is 3. The first-order valence-electron chi connectivity index (χ1n) is 14.4. The number of carbonyl (C=O) groups is 3. The SMILES string of the molecule is C#Cc1ccc(C(C(=O)Nc2ccccc2C)N(CCCC)C(=O)C(Cc2ccc(O)cc2)NC(=O)OC(C)(C)C)cc1. The number of hydrogen-bond donors (Lipinski definition) is 3. The summed E-state index contributed by atoms with van der Waals surface area (Å²) in [7, 11) is 0. The predicted octanol–water partition coefficient (Wildman–Crippen LogP) is 6.13. The number of hydrogen-bond acceptors (Lipinski definition) is 5. The van der Waals surface area contributed by atoms with Crippen LogP contribution in [0.5, 0.6) is 5.75 Å². The van der Waals surface area contributed by atoms with E-state index >= 15 is 0 Å². The highest BCUT2D eigenvalue weighted by molar-refractivity contribution is 5.99. The third-order valence-corrected chi connectivity index (χ3v) is 6.76. The molecule has 8 heteroatoms. The van der Waals surface area contributed by atoms with E-state index in [1.165, 1.54) is 17.0 Å². The number of unbranched alkanes of at least 4 members (excludes halogenated alkanes) is 1. The van der Waals surface area contributed by atoms with Gasteiger partial charge >= 0.3 is 6.09 Å². The van der Waals surface area contributed by atoms with Crippen molar-refractivity contribution in [1.29, 1.82) is 0 Å². The zero-order chi connectivity index (χ0) is 31.6. The maximum absolute atomic E-state index is 14.5. The van der Waals surface area contributed by atoms with Gasteiger partial charge in [0.25, 0.3) is 5.91 Å². The third kappa shape index (κ3) is 9.64. The number of phenolic OH excluding ortho intramolecular Hbond substituents is 1. The largest absolute Gasteiger partial charge is 0.508 e. The molecule has 226 valence electrons. The Labute approximate surface area is 254 Å². The number of nitrogens with zero attached hydrogens (tertiary/aromatic N) is 1. The predicted molar refractivity (Wildman–Crippen MR) is 169 cm³/mol. The fourth-order valence-corrected chi connectivity index (χ4v) is 4.56. The minimum absolute atomic E-state index is 0.0830. The molecule has 0 saturated carbocycles. The summed E-state index contributed by atoms with van der Waals surface area (Å²) in [5.41, 5.74) is 2.66. The second-order valence-electron chi connectivity index (χ2n) is 11.4. The van der Waals surface area contributed by atoms with E-state index in [1.54, 1.807) is 57.2 Å². The Morgan fingerprint density at radius 2 is 1.65 bits per heavy atom. The molecule has 2 unspecified atom stereocenters. The monoisotopic (exact) mass is 583 g/mol. The second kappa shape index (κ2) is 14.9. The van der Waals surface area contributed by atoms with Crippen LogP contribution in [0.3, 0.4) is 0 Å². The highest BCUT2D eigenvalue weighted by Crippen LogP contribution is 2.27. The van der Waals surface area contributed by atoms with E-state index in [4.69, 9.17) is 11.2 Å². The molecule has 0 aliphatic rings. The first-order chi connectivity index (χ1) is 20.4. The van der Waals surface area contributed by atoms with Crippen molar-refractivity contribution in [1.82, 2.24) is 10.2 Å². The van der Waals surface area contributed by atoms with Gasteiger partial charge in [0.05, 0.1) is 0 Å². The lowest BCUT2D eigenvalue weighted by Crippen LogP contribution is -2.53. The van der Waals surface area contributed by atoms with Crippen molar-refractivity contribution in [3.05, 3.63) is 95.1 Å². The first-order valence-corrected chi connectivity index (χ1v) is 14.4. The van der Waals surface area contributed by atoms with E-state index in [0.717, 1.165) is 12.0 Å². The minimum Gasteiger partial charge on any atom is -0.508 e. The summed E-state index contributed by atoms with van der Waals surface area (Å²) in [5.74, 6) is 1.83. The quantitative estimate of drug-likeness (QED) is 0.236. The van der Waals surface area contributed by atoms with Crippen LogP contribution < -0.4 is 10.6 Å². The van der Waals surface area contributed by atoms with Gasteiger partial charge in [-0.25, -0.2) is 4.79 Å². The molecule has 3 aromatic carbocycles. The number of benzene rings is 3. The molecule has 0 spiro atoms. The first kappa shape index (κ1) is 32.7. The van der Waals surface area contributed by atoms with Gasteiger partial charge in [-0.3, -0.25) is 9.59 Å². The van der Waals surface area contributed by atoms with Crippen molar-refractivity contribution in [2.75, 3.05) is 11.9 Å². The number of phenols is 1. The van der Waals surface area contributed by atoms with Crippen LogP contribution in [0, 0.1) is 19.3 Å². The summed E-state index contributed by atoms with van der Waals surface area (Å²) in [5, 5.41) is 15.5. The standard InChI is InChI=1S/C35H41N3O5/c1-7-9-22-38(33(41)30(37-34(42)43-35(4,5)6)23-26-16-20-28(39)21-17-26)31(27-18-14-25(8-2)15-19-27)32(40)36-29-13-11-10-12-24(29)3/h2,10-21,30-31,39H,7,9,22-23H2,1,3-6H3,(H,36,40)(H,37,42). The highest BCUT2D eigenvalue weighted by atomic mass is 16.6. The molecular formula is C35H41N3O5. The molecular weight excluding hydrogens is 542 g/mol. The summed E-state index contributed by atoms with van der Waals surface area (Å²) in [6, 6.07) is 18.7. The maximum Gasteiger partial charge on any atom is 0.408 e. The zero-order valence-corrected chi connectivity index (χ0v) is 25.5. The Morgan fingerprint density at radius 3 is 2.23 bits per heavy atom. The van der Waals surface area contributed by atoms with E-state index in [1.807, 2.05) is 38.1 Å². The Kier molecular flexibility index (Phi) is 11.4. The molecule has 8 nitrogen and oxygen atoms in total. The van der Waals surface area contributed by atoms with Gasteiger partial charge in [-0.05, 0) is 81.1 Å². The lowest BCUT2D eigenvalue weighted by molar-refractivity contribution is -0.140. The normalized spacial score (nSPS) is 12.4. The summed E-state index contributed by atoms with van der Waals surface area (Å²) in [6.45, 7) is 9.37. The number of carbonyl (C=O) groups excluding carboxylic acids is 3. The van der Waals surface area contributed by atoms with Crippen LogP contribution in [0.25, 0.3) is 0 Å². The maximum atomic E-state index is 14.5. The van der Waals surface area contributed by atoms with Gasteiger partial charge in [0, 0.05) is 24.2 Å². The van der Waals surface area contributed by atoms with E-state index in [9.17, 15) is 19.5 Å². The molecule has 3 rings (SSSR count). The van der Waals surface area contributed by atoms with Gasteiger partial charge < -0.3 is 25.4 Å². The second-order valence-corrected chi connectivity index (χ2v) is 11.4. The molecule has 0 heterocycles. The summed E-state index contributed by atoms with van der Waals surface area (Å²) < 4.78 is 5.49. The number of ether oxygens (including phenoxy) is 1. The number of anilines is 1. The number of nitrogens with one attached hydrogen (secondary N) is 2. The molecule has 0 bridgehead atoms. The highest BCUT2D eigenvalue weighted by Gasteiger charge is 2.36. The topological polar surface area (TPSA) is 108 Å². The Balaban J connectivity index is 2.08. The van der Waals surface area contributed by atoms with Crippen LogP contribution in [0.1, 0.15) is 68.8 Å². The van der Waals surface area contributed by atoms with Gasteiger partial charge in [-0.1, -0.05) is 61.7 Å². The molecule has 2 atom stereocenters. The van der Waals surface area contributed by atoms with Crippen molar-refractivity contribution in [2.24, 2.45) is 0 Å². The number of rotatable bonds is 11. The van der Waals surface area contributed by atoms with Crippen LogP contribution in [-0.4, -0.2) is 46.1 Å². The summed E-state index contributed by atoms with van der Waals surface area (Å²) in [4.78, 5) is 43.0. The zero-order valence-electron chi connectivity index (χ0n) is 25.5. The van der Waals surface area contributed by atoms with Gasteiger partial charge in [0.2, 0.25) is 5.91 Å². The van der Waals surface area contributed by atoms with Crippen molar-refractivity contribution >= 4 is 23.6 Å². The van der Waals surface area contributed by atoms with Crippen molar-refractivity contribution in [2.45, 2.75) is 71.6 Å². The third-order valence-electron chi connectivity index (χ3n) is 6.76. The van der Waals surface area contributed by atoms with Crippen LogP contribution in [0.15, 0.2) is 72.8 Å². The minimum atomic E-state index is -1.06. The number of aromatic hydroxyl groups is 1. The molecule has 0 fully saturated rings. The Morgan fingerprint density at radius 1 is 1.00 bits per heavy atom. The smallest absolute Gasteiger partial charge is 0.408 e. The Hall–Kier alpha value is -4.77. The molecule has 0 aliphatic carbocycles. The van der Waals surface area contributed by atoms with Crippen LogP contribution in [0.2, 0.25) is 0 Å². The van der Waals surface area contributed by atoms with Gasteiger partial charge in [0.1, 0.15) is 23.4 Å². The number of terminal acetylenes is 1. The van der Waals surface area contributed by atoms with Crippen LogP contribution in [0.4, 0.5) is 10.5 Å². The average Bonchev–Trinajstić information content (AvgIpc) is 2.96. The van der Waals surface area contributed by atoms with Crippen LogP contribution >= 0.6 is 0 Å². The molecule has 0 aromatic heterocycles.